The fourth-order valence-corrected chi connectivity index (χ4v) is 1.65. The lowest BCUT2D eigenvalue weighted by atomic mass is 10.2. The first-order valence-electron chi connectivity index (χ1n) is 5.01. The molecule has 1 aliphatic heterocycles. The predicted octanol–water partition coefficient (Wildman–Crippen LogP) is 2.07. The largest absolute Gasteiger partial charge is 0.447 e. The first kappa shape index (κ1) is 11.4. The number of amides is 1. The highest BCUT2D eigenvalue weighted by atomic mass is 79.9. The highest BCUT2D eigenvalue weighted by molar-refractivity contribution is 9.10. The van der Waals surface area contributed by atoms with Gasteiger partial charge in [0.1, 0.15) is 12.7 Å². The van der Waals surface area contributed by atoms with Crippen LogP contribution in [0.4, 0.5) is 4.79 Å². The van der Waals surface area contributed by atoms with E-state index in [1.165, 1.54) is 0 Å². The molecule has 1 fully saturated rings. The van der Waals surface area contributed by atoms with Gasteiger partial charge in [-0.2, -0.15) is 0 Å². The van der Waals surface area contributed by atoms with E-state index >= 15 is 0 Å². The van der Waals surface area contributed by atoms with Crippen LogP contribution in [0.15, 0.2) is 28.7 Å². The van der Waals surface area contributed by atoms with E-state index in [9.17, 15) is 4.79 Å². The second-order valence-corrected chi connectivity index (χ2v) is 4.45. The summed E-state index contributed by atoms with van der Waals surface area (Å²) in [5.74, 6) is 0. The second-order valence-electron chi connectivity index (χ2n) is 3.54. The monoisotopic (exact) mass is 285 g/mol. The van der Waals surface area contributed by atoms with Gasteiger partial charge < -0.3 is 14.8 Å². The van der Waals surface area contributed by atoms with Gasteiger partial charge in [0.2, 0.25) is 0 Å². The minimum atomic E-state index is -0.407. The Morgan fingerprint density at radius 1 is 1.62 bits per heavy atom. The van der Waals surface area contributed by atoms with Crippen LogP contribution in [0.5, 0.6) is 0 Å². The summed E-state index contributed by atoms with van der Waals surface area (Å²) >= 11 is 3.37. The predicted molar refractivity (Wildman–Crippen MR) is 62.1 cm³/mol. The van der Waals surface area contributed by atoms with Crippen molar-refractivity contribution in [2.24, 2.45) is 0 Å². The third-order valence-corrected chi connectivity index (χ3v) is 2.62. The Hall–Kier alpha value is -1.07. The van der Waals surface area contributed by atoms with Gasteiger partial charge in [0, 0.05) is 11.0 Å². The van der Waals surface area contributed by atoms with Crippen molar-refractivity contribution in [3.63, 3.8) is 0 Å². The Labute approximate surface area is 102 Å². The van der Waals surface area contributed by atoms with E-state index in [4.69, 9.17) is 9.47 Å². The SMILES string of the molecule is O=C(NCc1cccc(Br)c1)OCC1CO1. The summed E-state index contributed by atoms with van der Waals surface area (Å²) < 4.78 is 10.8. The van der Waals surface area contributed by atoms with Gasteiger partial charge in [-0.05, 0) is 17.7 Å². The standard InChI is InChI=1S/C11H12BrNO3/c12-9-3-1-2-8(4-9)5-13-11(14)16-7-10-6-15-10/h1-4,10H,5-7H2,(H,13,14). The van der Waals surface area contributed by atoms with Crippen LogP contribution < -0.4 is 5.32 Å². The Kier molecular flexibility index (Phi) is 3.79. The quantitative estimate of drug-likeness (QED) is 0.862. The van der Waals surface area contributed by atoms with E-state index in [-0.39, 0.29) is 6.10 Å². The van der Waals surface area contributed by atoms with E-state index in [1.807, 2.05) is 24.3 Å². The zero-order valence-electron chi connectivity index (χ0n) is 8.61. The van der Waals surface area contributed by atoms with Crippen molar-refractivity contribution < 1.29 is 14.3 Å². The third kappa shape index (κ3) is 3.83. The van der Waals surface area contributed by atoms with Crippen LogP contribution in [0, 0.1) is 0 Å². The Balaban J connectivity index is 1.71. The fraction of sp³-hybridized carbons (Fsp3) is 0.364. The molecule has 1 aromatic carbocycles. The Morgan fingerprint density at radius 2 is 2.44 bits per heavy atom. The van der Waals surface area contributed by atoms with Crippen molar-refractivity contribution in [1.29, 1.82) is 0 Å². The molecule has 16 heavy (non-hydrogen) atoms. The van der Waals surface area contributed by atoms with Crippen LogP contribution in [-0.2, 0) is 16.0 Å². The van der Waals surface area contributed by atoms with Crippen LogP contribution in [-0.4, -0.2) is 25.4 Å². The molecule has 0 aromatic heterocycles. The molecule has 0 radical (unpaired) electrons. The van der Waals surface area contributed by atoms with Crippen LogP contribution in [0.2, 0.25) is 0 Å². The Morgan fingerprint density at radius 3 is 3.12 bits per heavy atom. The van der Waals surface area contributed by atoms with Gasteiger partial charge in [0.15, 0.2) is 0 Å². The molecule has 1 heterocycles. The minimum Gasteiger partial charge on any atom is -0.447 e. The van der Waals surface area contributed by atoms with Crippen molar-refractivity contribution in [3.8, 4) is 0 Å². The molecular formula is C11H12BrNO3. The summed E-state index contributed by atoms with van der Waals surface area (Å²) in [6.07, 6.45) is -0.299. The molecule has 1 aromatic rings. The lowest BCUT2D eigenvalue weighted by Gasteiger charge is -2.06. The van der Waals surface area contributed by atoms with Crippen LogP contribution in [0.1, 0.15) is 5.56 Å². The number of rotatable bonds is 4. The van der Waals surface area contributed by atoms with Crippen molar-refractivity contribution in [2.45, 2.75) is 12.6 Å². The van der Waals surface area contributed by atoms with Gasteiger partial charge in [-0.15, -0.1) is 0 Å². The lowest BCUT2D eigenvalue weighted by molar-refractivity contribution is 0.135. The topological polar surface area (TPSA) is 50.9 Å². The van der Waals surface area contributed by atoms with Crippen LogP contribution in [0.25, 0.3) is 0 Å². The number of carbonyl (C=O) groups is 1. The molecule has 2 rings (SSSR count). The van der Waals surface area contributed by atoms with Crippen molar-refractivity contribution in [1.82, 2.24) is 5.32 Å². The molecule has 86 valence electrons. The first-order valence-corrected chi connectivity index (χ1v) is 5.80. The summed E-state index contributed by atoms with van der Waals surface area (Å²) in [5, 5.41) is 2.67. The van der Waals surface area contributed by atoms with Gasteiger partial charge >= 0.3 is 6.09 Å². The van der Waals surface area contributed by atoms with E-state index < -0.39 is 6.09 Å². The summed E-state index contributed by atoms with van der Waals surface area (Å²) in [7, 11) is 0. The molecular weight excluding hydrogens is 274 g/mol. The number of hydrogen-bond acceptors (Lipinski definition) is 3. The van der Waals surface area contributed by atoms with E-state index in [0.717, 1.165) is 10.0 Å². The maximum Gasteiger partial charge on any atom is 0.407 e. The summed E-state index contributed by atoms with van der Waals surface area (Å²) in [5.41, 5.74) is 1.02. The maximum absolute atomic E-state index is 11.2. The Bertz CT molecular complexity index is 379. The average molecular weight is 286 g/mol. The number of epoxide rings is 1. The number of carbonyl (C=O) groups excluding carboxylic acids is 1. The number of hydrogen-bond donors (Lipinski definition) is 1. The van der Waals surface area contributed by atoms with Crippen LogP contribution in [0.3, 0.4) is 0 Å². The smallest absolute Gasteiger partial charge is 0.407 e. The van der Waals surface area contributed by atoms with Crippen molar-refractivity contribution in [3.05, 3.63) is 34.3 Å². The summed E-state index contributed by atoms with van der Waals surface area (Å²) in [6, 6.07) is 7.75. The van der Waals surface area contributed by atoms with Gasteiger partial charge in [-0.25, -0.2) is 4.79 Å². The van der Waals surface area contributed by atoms with E-state index in [1.54, 1.807) is 0 Å². The number of benzene rings is 1. The van der Waals surface area contributed by atoms with Gasteiger partial charge in [0.25, 0.3) is 0 Å². The number of ether oxygens (including phenoxy) is 2. The molecule has 0 spiro atoms. The zero-order chi connectivity index (χ0) is 11.4. The van der Waals surface area contributed by atoms with Crippen molar-refractivity contribution in [2.75, 3.05) is 13.2 Å². The molecule has 1 aliphatic rings. The lowest BCUT2D eigenvalue weighted by Crippen LogP contribution is -2.25. The third-order valence-electron chi connectivity index (χ3n) is 2.13. The van der Waals surface area contributed by atoms with Gasteiger partial charge in [-0.3, -0.25) is 0 Å². The molecule has 4 nitrogen and oxygen atoms in total. The van der Waals surface area contributed by atoms with Crippen molar-refractivity contribution >= 4 is 22.0 Å². The van der Waals surface area contributed by atoms with E-state index in [0.29, 0.717) is 19.8 Å². The number of nitrogens with one attached hydrogen (secondary N) is 1. The molecule has 0 bridgehead atoms. The zero-order valence-corrected chi connectivity index (χ0v) is 10.2. The second kappa shape index (κ2) is 5.32. The molecule has 1 amide bonds. The van der Waals surface area contributed by atoms with Gasteiger partial charge in [0.05, 0.1) is 6.61 Å². The molecule has 1 atom stereocenters. The molecule has 5 heteroatoms. The highest BCUT2D eigenvalue weighted by Crippen LogP contribution is 2.11. The summed E-state index contributed by atoms with van der Waals surface area (Å²) in [4.78, 5) is 11.2. The molecule has 0 saturated carbocycles. The molecule has 1 N–H and O–H groups in total. The molecule has 1 saturated heterocycles. The average Bonchev–Trinajstić information content (AvgIpc) is 3.07. The fourth-order valence-electron chi connectivity index (χ4n) is 1.21. The molecule has 0 aliphatic carbocycles. The highest BCUT2D eigenvalue weighted by Gasteiger charge is 2.24. The first-order chi connectivity index (χ1) is 7.74. The normalized spacial score (nSPS) is 17.9. The summed E-state index contributed by atoms with van der Waals surface area (Å²) in [6.45, 7) is 1.49. The maximum atomic E-state index is 11.2. The van der Waals surface area contributed by atoms with Crippen LogP contribution >= 0.6 is 15.9 Å². The minimum absolute atomic E-state index is 0.108. The molecule has 1 unspecified atom stereocenters. The number of alkyl carbamates (subject to hydrolysis) is 1. The number of halogens is 1. The van der Waals surface area contributed by atoms with Gasteiger partial charge in [-0.1, -0.05) is 28.1 Å². The van der Waals surface area contributed by atoms with E-state index in [2.05, 4.69) is 21.2 Å².